The number of carbonyl (C=O) groups excluding carboxylic acids is 2. The molecule has 0 heterocycles. The van der Waals surface area contributed by atoms with Crippen molar-refractivity contribution in [2.75, 3.05) is 0 Å². The van der Waals surface area contributed by atoms with Crippen LogP contribution in [0.5, 0.6) is 0 Å². The summed E-state index contributed by atoms with van der Waals surface area (Å²) in [6, 6.07) is 8.78. The van der Waals surface area contributed by atoms with Crippen molar-refractivity contribution < 1.29 is 27.5 Å². The molecule has 0 bridgehead atoms. The van der Waals surface area contributed by atoms with Gasteiger partial charge < -0.3 is 4.74 Å². The fourth-order valence-electron chi connectivity index (χ4n) is 2.24. The lowest BCUT2D eigenvalue weighted by atomic mass is 9.96. The van der Waals surface area contributed by atoms with E-state index in [1.165, 1.54) is 30.3 Å². The highest BCUT2D eigenvalue weighted by Gasteiger charge is 2.33. The van der Waals surface area contributed by atoms with E-state index in [1.54, 1.807) is 20.8 Å². The standard InChI is InChI=1S/C19H17F3O3/c1-18(2,3)25-17(24)14-7-5-13(6-8-14)15-10-12(11-23)4-9-16(15)19(20,21)22/h4-11H,1-3H3. The van der Waals surface area contributed by atoms with E-state index in [1.807, 2.05) is 0 Å². The van der Waals surface area contributed by atoms with Gasteiger partial charge in [0.15, 0.2) is 0 Å². The number of carbonyl (C=O) groups is 2. The zero-order chi connectivity index (χ0) is 18.8. The number of benzene rings is 2. The van der Waals surface area contributed by atoms with Gasteiger partial charge in [-0.1, -0.05) is 18.2 Å². The molecule has 132 valence electrons. The first-order chi connectivity index (χ1) is 11.5. The van der Waals surface area contributed by atoms with E-state index in [4.69, 9.17) is 4.74 Å². The fourth-order valence-corrected chi connectivity index (χ4v) is 2.24. The number of esters is 1. The molecule has 0 spiro atoms. The van der Waals surface area contributed by atoms with Crippen LogP contribution >= 0.6 is 0 Å². The minimum atomic E-state index is -4.55. The van der Waals surface area contributed by atoms with Gasteiger partial charge in [0.2, 0.25) is 0 Å². The summed E-state index contributed by atoms with van der Waals surface area (Å²) in [4.78, 5) is 22.9. The summed E-state index contributed by atoms with van der Waals surface area (Å²) in [6.07, 6.45) is -4.07. The molecular weight excluding hydrogens is 333 g/mol. The Kier molecular flexibility index (Phi) is 5.02. The number of halogens is 3. The molecule has 2 rings (SSSR count). The summed E-state index contributed by atoms with van der Waals surface area (Å²) in [7, 11) is 0. The third-order valence-electron chi connectivity index (χ3n) is 3.32. The normalized spacial score (nSPS) is 11.9. The largest absolute Gasteiger partial charge is 0.456 e. The van der Waals surface area contributed by atoms with E-state index in [0.29, 0.717) is 6.29 Å². The lowest BCUT2D eigenvalue weighted by Crippen LogP contribution is -2.23. The average Bonchev–Trinajstić information content (AvgIpc) is 2.52. The number of hydrogen-bond acceptors (Lipinski definition) is 3. The zero-order valence-corrected chi connectivity index (χ0v) is 14.0. The monoisotopic (exact) mass is 350 g/mol. The van der Waals surface area contributed by atoms with Crippen LogP contribution in [0, 0.1) is 0 Å². The fraction of sp³-hybridized carbons (Fsp3) is 0.263. The summed E-state index contributed by atoms with van der Waals surface area (Å²) in [5.74, 6) is -0.559. The first-order valence-corrected chi connectivity index (χ1v) is 7.51. The van der Waals surface area contributed by atoms with E-state index in [2.05, 4.69) is 0 Å². The molecule has 25 heavy (non-hydrogen) atoms. The van der Waals surface area contributed by atoms with Gasteiger partial charge in [-0.2, -0.15) is 13.2 Å². The van der Waals surface area contributed by atoms with Gasteiger partial charge >= 0.3 is 12.1 Å². The Hall–Kier alpha value is -2.63. The minimum Gasteiger partial charge on any atom is -0.456 e. The third-order valence-corrected chi connectivity index (χ3v) is 3.32. The third kappa shape index (κ3) is 4.68. The van der Waals surface area contributed by atoms with Crippen molar-refractivity contribution >= 4 is 12.3 Å². The smallest absolute Gasteiger partial charge is 0.417 e. The van der Waals surface area contributed by atoms with Crippen LogP contribution in [0.2, 0.25) is 0 Å². The Bertz CT molecular complexity index is 785. The van der Waals surface area contributed by atoms with Gasteiger partial charge in [-0.05, 0) is 56.2 Å². The summed E-state index contributed by atoms with van der Waals surface area (Å²) in [5.41, 5.74) is -1.00. The molecule has 0 N–H and O–H groups in total. The molecule has 0 fully saturated rings. The number of rotatable bonds is 3. The Morgan fingerprint density at radius 1 is 1.00 bits per heavy atom. The van der Waals surface area contributed by atoms with Gasteiger partial charge in [-0.15, -0.1) is 0 Å². The van der Waals surface area contributed by atoms with Gasteiger partial charge in [0, 0.05) is 5.56 Å². The van der Waals surface area contributed by atoms with Crippen LogP contribution in [0.25, 0.3) is 11.1 Å². The van der Waals surface area contributed by atoms with Gasteiger partial charge in [0.25, 0.3) is 0 Å². The first kappa shape index (κ1) is 18.7. The predicted molar refractivity (Wildman–Crippen MR) is 87.4 cm³/mol. The van der Waals surface area contributed by atoms with Crippen LogP contribution in [0.3, 0.4) is 0 Å². The maximum absolute atomic E-state index is 13.2. The maximum atomic E-state index is 13.2. The first-order valence-electron chi connectivity index (χ1n) is 7.51. The number of ether oxygens (including phenoxy) is 1. The van der Waals surface area contributed by atoms with Crippen molar-refractivity contribution in [2.45, 2.75) is 32.5 Å². The Morgan fingerprint density at radius 3 is 2.08 bits per heavy atom. The molecule has 2 aromatic carbocycles. The SMILES string of the molecule is CC(C)(C)OC(=O)c1ccc(-c2cc(C=O)ccc2C(F)(F)F)cc1. The van der Waals surface area contributed by atoms with Crippen LogP contribution < -0.4 is 0 Å². The second-order valence-corrected chi connectivity index (χ2v) is 6.50. The Balaban J connectivity index is 2.43. The predicted octanol–water partition coefficient (Wildman–Crippen LogP) is 5.14. The van der Waals surface area contributed by atoms with Crippen LogP contribution in [0.1, 0.15) is 47.1 Å². The van der Waals surface area contributed by atoms with Crippen LogP contribution in [0.15, 0.2) is 42.5 Å². The molecule has 0 atom stereocenters. The van der Waals surface area contributed by atoms with Gasteiger partial charge in [-0.25, -0.2) is 4.79 Å². The molecule has 2 aromatic rings. The number of aldehydes is 1. The minimum absolute atomic E-state index is 0.118. The van der Waals surface area contributed by atoms with Gasteiger partial charge in [0.1, 0.15) is 11.9 Å². The van der Waals surface area contributed by atoms with Crippen molar-refractivity contribution in [3.8, 4) is 11.1 Å². The van der Waals surface area contributed by atoms with Crippen LogP contribution in [-0.2, 0) is 10.9 Å². The highest BCUT2D eigenvalue weighted by Crippen LogP contribution is 2.37. The van der Waals surface area contributed by atoms with E-state index < -0.39 is 23.3 Å². The lowest BCUT2D eigenvalue weighted by molar-refractivity contribution is -0.137. The van der Waals surface area contributed by atoms with Crippen LogP contribution in [0.4, 0.5) is 13.2 Å². The summed E-state index contributed by atoms with van der Waals surface area (Å²) in [6.45, 7) is 5.17. The van der Waals surface area contributed by atoms with E-state index >= 15 is 0 Å². The highest BCUT2D eigenvalue weighted by atomic mass is 19.4. The molecule has 3 nitrogen and oxygen atoms in total. The molecule has 0 aromatic heterocycles. The van der Waals surface area contributed by atoms with Gasteiger partial charge in [0.05, 0.1) is 11.1 Å². The highest BCUT2D eigenvalue weighted by molar-refractivity contribution is 5.90. The Morgan fingerprint density at radius 2 is 1.60 bits per heavy atom. The zero-order valence-electron chi connectivity index (χ0n) is 14.0. The summed E-state index contributed by atoms with van der Waals surface area (Å²) in [5, 5.41) is 0. The van der Waals surface area contributed by atoms with Crippen molar-refractivity contribution in [3.05, 3.63) is 59.2 Å². The quantitative estimate of drug-likeness (QED) is 0.569. The van der Waals surface area contributed by atoms with E-state index in [0.717, 1.165) is 12.1 Å². The summed E-state index contributed by atoms with van der Waals surface area (Å²) < 4.78 is 44.8. The molecule has 0 amide bonds. The van der Waals surface area contributed by atoms with Gasteiger partial charge in [-0.3, -0.25) is 4.79 Å². The number of alkyl halides is 3. The number of hydrogen-bond donors (Lipinski definition) is 0. The summed E-state index contributed by atoms with van der Waals surface area (Å²) >= 11 is 0. The second-order valence-electron chi connectivity index (χ2n) is 6.50. The maximum Gasteiger partial charge on any atom is 0.417 e. The van der Waals surface area contributed by atoms with Crippen molar-refractivity contribution in [1.29, 1.82) is 0 Å². The molecule has 0 unspecified atom stereocenters. The molecule has 0 saturated heterocycles. The molecule has 0 aliphatic heterocycles. The average molecular weight is 350 g/mol. The second kappa shape index (κ2) is 6.70. The van der Waals surface area contributed by atoms with Crippen molar-refractivity contribution in [3.63, 3.8) is 0 Å². The van der Waals surface area contributed by atoms with E-state index in [9.17, 15) is 22.8 Å². The topological polar surface area (TPSA) is 43.4 Å². The molecule has 0 aliphatic rings. The van der Waals surface area contributed by atoms with Crippen molar-refractivity contribution in [1.82, 2.24) is 0 Å². The Labute approximate surface area is 143 Å². The lowest BCUT2D eigenvalue weighted by Gasteiger charge is -2.19. The molecule has 0 saturated carbocycles. The molecular formula is C19H17F3O3. The van der Waals surface area contributed by atoms with Crippen LogP contribution in [-0.4, -0.2) is 17.9 Å². The van der Waals surface area contributed by atoms with Crippen molar-refractivity contribution in [2.24, 2.45) is 0 Å². The van der Waals surface area contributed by atoms with E-state index in [-0.39, 0.29) is 22.3 Å². The molecule has 6 heteroatoms. The molecule has 0 radical (unpaired) electrons. The molecule has 0 aliphatic carbocycles.